The number of amides is 1. The number of ether oxygens (including phenoxy) is 1. The Kier molecular flexibility index (Phi) is 5.68. The zero-order chi connectivity index (χ0) is 20.4. The van der Waals surface area contributed by atoms with E-state index in [1.54, 1.807) is 11.0 Å². The highest BCUT2D eigenvalue weighted by molar-refractivity contribution is 5.86. The molecule has 3 aliphatic rings. The minimum Gasteiger partial charge on any atom is -0.506 e. The van der Waals surface area contributed by atoms with Crippen molar-refractivity contribution in [2.45, 2.75) is 20.3 Å². The Balaban J connectivity index is 1.29. The fourth-order valence-electron chi connectivity index (χ4n) is 3.90. The van der Waals surface area contributed by atoms with Gasteiger partial charge < -0.3 is 14.7 Å². The number of guanidine groups is 1. The largest absolute Gasteiger partial charge is 0.506 e. The number of aliphatic imine (C=N–C) groups is 1. The number of rotatable bonds is 5. The first-order chi connectivity index (χ1) is 14.0. The molecule has 1 amide bonds. The van der Waals surface area contributed by atoms with Crippen LogP contribution in [0.2, 0.25) is 0 Å². The van der Waals surface area contributed by atoms with Crippen LogP contribution in [0.15, 0.2) is 22.1 Å². The molecular weight excluding hydrogens is 372 g/mol. The predicted octanol–water partition coefficient (Wildman–Crippen LogP) is 0.0821. The van der Waals surface area contributed by atoms with Crippen LogP contribution in [0.1, 0.15) is 18.9 Å². The van der Waals surface area contributed by atoms with Gasteiger partial charge in [-0.25, -0.2) is 19.8 Å². The van der Waals surface area contributed by atoms with Crippen LogP contribution >= 0.6 is 0 Å². The van der Waals surface area contributed by atoms with Crippen LogP contribution in [-0.2, 0) is 4.74 Å². The average Bonchev–Trinajstić information content (AvgIpc) is 3.09. The van der Waals surface area contributed by atoms with Crippen LogP contribution in [-0.4, -0.2) is 89.5 Å². The van der Waals surface area contributed by atoms with Crippen molar-refractivity contribution >= 4 is 18.3 Å². The molecule has 9 nitrogen and oxygen atoms in total. The van der Waals surface area contributed by atoms with Gasteiger partial charge in [-0.2, -0.15) is 5.01 Å². The standard InChI is InChI=1S/C20H28N6O3/c1-3-29-20(28)24-9-7-23(8-10-24)5-4-6-25-14-21-19-22-18-16(13-26(19)25)11-15(2)12-17(18)27/h11-13,27H,3-10,14H2,1-2H3. The Labute approximate surface area is 170 Å². The number of benzene rings is 1. The maximum absolute atomic E-state index is 11.8. The zero-order valence-electron chi connectivity index (χ0n) is 17.0. The number of hydrogen-bond acceptors (Lipinski definition) is 8. The van der Waals surface area contributed by atoms with Crippen LogP contribution < -0.4 is 10.6 Å². The first-order valence-electron chi connectivity index (χ1n) is 10.2. The van der Waals surface area contributed by atoms with E-state index in [-0.39, 0.29) is 11.8 Å². The summed E-state index contributed by atoms with van der Waals surface area (Å²) in [5.41, 5.74) is 1.00. The second-order valence-electron chi connectivity index (χ2n) is 7.52. The number of hydrogen-bond donors (Lipinski definition) is 1. The second kappa shape index (κ2) is 8.38. The summed E-state index contributed by atoms with van der Waals surface area (Å²) in [5.74, 6) is 0.818. The monoisotopic (exact) mass is 400 g/mol. The fourth-order valence-corrected chi connectivity index (χ4v) is 3.90. The SMILES string of the molecule is CCOC(=O)N1CCN(CCCN2CN=C3N=c4c(O)cc(C)cc4=CN32)CC1. The number of carbonyl (C=O) groups is 1. The van der Waals surface area contributed by atoms with Crippen molar-refractivity contribution in [3.05, 3.63) is 28.3 Å². The summed E-state index contributed by atoms with van der Waals surface area (Å²) in [7, 11) is 0. The van der Waals surface area contributed by atoms with Gasteiger partial charge in [0.15, 0.2) is 0 Å². The maximum Gasteiger partial charge on any atom is 0.409 e. The van der Waals surface area contributed by atoms with E-state index >= 15 is 0 Å². The first-order valence-corrected chi connectivity index (χ1v) is 10.2. The summed E-state index contributed by atoms with van der Waals surface area (Å²) in [6.07, 6.45) is 2.79. The third-order valence-electron chi connectivity index (χ3n) is 5.41. The van der Waals surface area contributed by atoms with Crippen molar-refractivity contribution in [3.63, 3.8) is 0 Å². The summed E-state index contributed by atoms with van der Waals surface area (Å²) in [4.78, 5) is 25.0. The summed E-state index contributed by atoms with van der Waals surface area (Å²) in [5, 5.41) is 15.8. The Morgan fingerprint density at radius 2 is 2.00 bits per heavy atom. The molecule has 0 aromatic heterocycles. The Morgan fingerprint density at radius 3 is 2.76 bits per heavy atom. The second-order valence-corrected chi connectivity index (χ2v) is 7.52. The van der Waals surface area contributed by atoms with Gasteiger partial charge >= 0.3 is 6.09 Å². The minimum atomic E-state index is -0.208. The topological polar surface area (TPSA) is 84.2 Å². The van der Waals surface area contributed by atoms with Gasteiger partial charge in [-0.05, 0) is 44.5 Å². The molecule has 0 radical (unpaired) electrons. The van der Waals surface area contributed by atoms with Gasteiger partial charge in [0.05, 0.1) is 6.61 Å². The molecule has 0 unspecified atom stereocenters. The molecule has 0 bridgehead atoms. The van der Waals surface area contributed by atoms with Gasteiger partial charge in [0.2, 0.25) is 5.96 Å². The van der Waals surface area contributed by atoms with E-state index in [9.17, 15) is 9.90 Å². The summed E-state index contributed by atoms with van der Waals surface area (Å²) in [6.45, 7) is 9.80. The normalized spacial score (nSPS) is 19.2. The molecule has 4 rings (SSSR count). The van der Waals surface area contributed by atoms with Crippen molar-refractivity contribution < 1.29 is 14.6 Å². The number of hydrazine groups is 1. The number of carbonyl (C=O) groups excluding carboxylic acids is 1. The Bertz CT molecular complexity index is 923. The van der Waals surface area contributed by atoms with Crippen molar-refractivity contribution in [2.24, 2.45) is 9.98 Å². The molecule has 9 heteroatoms. The fraction of sp³-hybridized carbons (Fsp3) is 0.550. The Hall–Kier alpha value is -2.65. The van der Waals surface area contributed by atoms with Gasteiger partial charge in [0, 0.05) is 44.1 Å². The molecule has 0 saturated carbocycles. The lowest BCUT2D eigenvalue weighted by atomic mass is 10.2. The van der Waals surface area contributed by atoms with Crippen molar-refractivity contribution in [1.82, 2.24) is 19.8 Å². The van der Waals surface area contributed by atoms with Crippen molar-refractivity contribution in [3.8, 4) is 5.75 Å². The quantitative estimate of drug-likeness (QED) is 0.754. The molecule has 0 aliphatic carbocycles. The lowest BCUT2D eigenvalue weighted by Gasteiger charge is -2.34. The Morgan fingerprint density at radius 1 is 1.21 bits per heavy atom. The van der Waals surface area contributed by atoms with Crippen LogP contribution in [0.4, 0.5) is 4.79 Å². The number of aromatic hydroxyl groups is 1. The van der Waals surface area contributed by atoms with E-state index < -0.39 is 0 Å². The van der Waals surface area contributed by atoms with Crippen LogP contribution in [0.25, 0.3) is 6.20 Å². The lowest BCUT2D eigenvalue weighted by molar-refractivity contribution is 0.0751. The minimum absolute atomic E-state index is 0.194. The number of piperazine rings is 1. The highest BCUT2D eigenvalue weighted by Crippen LogP contribution is 2.14. The van der Waals surface area contributed by atoms with Crippen molar-refractivity contribution in [2.75, 3.05) is 52.5 Å². The molecule has 0 atom stereocenters. The van der Waals surface area contributed by atoms with Gasteiger partial charge in [0.25, 0.3) is 0 Å². The van der Waals surface area contributed by atoms with Crippen molar-refractivity contribution in [1.29, 1.82) is 0 Å². The third kappa shape index (κ3) is 4.20. The molecule has 0 spiro atoms. The molecule has 3 heterocycles. The van der Waals surface area contributed by atoms with Crippen LogP contribution in [0.3, 0.4) is 0 Å². The van der Waals surface area contributed by atoms with E-state index in [0.717, 1.165) is 43.4 Å². The first kappa shape index (κ1) is 19.7. The average molecular weight is 400 g/mol. The maximum atomic E-state index is 11.8. The molecule has 1 N–H and O–H groups in total. The molecule has 1 aromatic rings. The predicted molar refractivity (Wildman–Crippen MR) is 109 cm³/mol. The highest BCUT2D eigenvalue weighted by Gasteiger charge is 2.26. The third-order valence-corrected chi connectivity index (χ3v) is 5.41. The van der Waals surface area contributed by atoms with Gasteiger partial charge in [-0.3, -0.25) is 4.90 Å². The number of aryl methyl sites for hydroxylation is 1. The van der Waals surface area contributed by atoms with E-state index in [2.05, 4.69) is 19.9 Å². The van der Waals surface area contributed by atoms with E-state index in [0.29, 0.717) is 37.7 Å². The molecule has 1 aromatic carbocycles. The molecule has 1 saturated heterocycles. The van der Waals surface area contributed by atoms with E-state index in [4.69, 9.17) is 4.74 Å². The molecular formula is C20H28N6O3. The highest BCUT2D eigenvalue weighted by atomic mass is 16.6. The van der Waals surface area contributed by atoms with Crippen LogP contribution in [0.5, 0.6) is 5.75 Å². The number of nitrogens with zero attached hydrogens (tertiary/aromatic N) is 6. The molecule has 1 fully saturated rings. The number of phenolic OH excluding ortho intramolecular Hbond substituents is 1. The number of fused-ring (bicyclic) bond motifs is 2. The van der Waals surface area contributed by atoms with Crippen LogP contribution in [0, 0.1) is 6.92 Å². The van der Waals surface area contributed by atoms with E-state index in [1.165, 1.54) is 0 Å². The zero-order valence-corrected chi connectivity index (χ0v) is 17.0. The van der Waals surface area contributed by atoms with Gasteiger partial charge in [-0.1, -0.05) is 0 Å². The van der Waals surface area contributed by atoms with Gasteiger partial charge in [-0.15, -0.1) is 0 Å². The van der Waals surface area contributed by atoms with E-state index in [1.807, 2.05) is 31.1 Å². The molecule has 29 heavy (non-hydrogen) atoms. The summed E-state index contributed by atoms with van der Waals surface area (Å²) < 4.78 is 5.07. The smallest absolute Gasteiger partial charge is 0.409 e. The molecule has 156 valence electrons. The summed E-state index contributed by atoms with van der Waals surface area (Å²) >= 11 is 0. The summed E-state index contributed by atoms with van der Waals surface area (Å²) in [6, 6.07) is 3.75. The molecule has 3 aliphatic heterocycles. The number of phenols is 1. The van der Waals surface area contributed by atoms with Gasteiger partial charge in [0.1, 0.15) is 17.8 Å². The lowest BCUT2D eigenvalue weighted by Crippen LogP contribution is -2.49.